The molecule has 134 valence electrons. The second kappa shape index (κ2) is 6.34. The molecule has 8 heteroatoms. The van der Waals surface area contributed by atoms with Crippen LogP contribution in [0.4, 0.5) is 5.69 Å². The molecule has 0 aromatic heterocycles. The van der Waals surface area contributed by atoms with Crippen LogP contribution in [0.5, 0.6) is 0 Å². The average molecular weight is 363 g/mol. The monoisotopic (exact) mass is 363 g/mol. The molecular formula is C17H21N3O4S. The summed E-state index contributed by atoms with van der Waals surface area (Å²) in [6.07, 6.45) is 1.85. The van der Waals surface area contributed by atoms with Gasteiger partial charge in [-0.15, -0.1) is 0 Å². The topological polar surface area (TPSA) is 98.7 Å². The molecule has 0 spiro atoms. The molecule has 3 rings (SSSR count). The predicted molar refractivity (Wildman–Crippen MR) is 95.2 cm³/mol. The lowest BCUT2D eigenvalue weighted by Crippen LogP contribution is -2.67. The average Bonchev–Trinajstić information content (AvgIpc) is 2.80. The highest BCUT2D eigenvalue weighted by molar-refractivity contribution is 7.98. The molecule has 4 atom stereocenters. The quantitative estimate of drug-likeness (QED) is 0.690. The molecule has 1 saturated heterocycles. The Morgan fingerprint density at radius 2 is 1.92 bits per heavy atom. The molecule has 1 aromatic rings. The molecule has 0 aliphatic carbocycles. The van der Waals surface area contributed by atoms with Crippen molar-refractivity contribution in [2.24, 2.45) is 5.92 Å². The molecule has 1 aromatic carbocycles. The van der Waals surface area contributed by atoms with Crippen LogP contribution in [0.25, 0.3) is 0 Å². The standard InChI is InChI=1S/C17H21N3O4S/c1-9(13-15(22)18-11(8-25-3)14(21)19-13)17(24)10-6-4-5-7-12(10)20(2)16(17)23/h4-7,9,11,13,24H,8H2,1-3H3,(H,18,22)(H,19,21). The van der Waals surface area contributed by atoms with E-state index >= 15 is 0 Å². The van der Waals surface area contributed by atoms with Crippen molar-refractivity contribution in [2.45, 2.75) is 24.6 Å². The van der Waals surface area contributed by atoms with Gasteiger partial charge in [0.1, 0.15) is 12.1 Å². The minimum absolute atomic E-state index is 0.304. The highest BCUT2D eigenvalue weighted by Gasteiger charge is 2.56. The van der Waals surface area contributed by atoms with Crippen LogP contribution in [0, 0.1) is 5.92 Å². The Morgan fingerprint density at radius 1 is 1.24 bits per heavy atom. The minimum Gasteiger partial charge on any atom is -0.375 e. The molecule has 7 nitrogen and oxygen atoms in total. The van der Waals surface area contributed by atoms with Gasteiger partial charge in [0.05, 0.1) is 5.69 Å². The third-order valence-electron chi connectivity index (χ3n) is 5.01. The van der Waals surface area contributed by atoms with Gasteiger partial charge in [0.25, 0.3) is 5.91 Å². The van der Waals surface area contributed by atoms with Gasteiger partial charge in [-0.1, -0.05) is 25.1 Å². The highest BCUT2D eigenvalue weighted by atomic mass is 32.2. The summed E-state index contributed by atoms with van der Waals surface area (Å²) in [5.74, 6) is -1.56. The normalized spacial score (nSPS) is 29.9. The maximum absolute atomic E-state index is 12.8. The van der Waals surface area contributed by atoms with Crippen molar-refractivity contribution in [1.29, 1.82) is 0 Å². The van der Waals surface area contributed by atoms with Crippen LogP contribution < -0.4 is 15.5 Å². The maximum Gasteiger partial charge on any atom is 0.263 e. The Bertz CT molecular complexity index is 740. The van der Waals surface area contributed by atoms with Gasteiger partial charge in [0.15, 0.2) is 5.60 Å². The summed E-state index contributed by atoms with van der Waals surface area (Å²) in [7, 11) is 1.58. The van der Waals surface area contributed by atoms with Crippen LogP contribution in [0.1, 0.15) is 12.5 Å². The van der Waals surface area contributed by atoms with Crippen LogP contribution in [-0.2, 0) is 20.0 Å². The molecule has 0 radical (unpaired) electrons. The summed E-state index contributed by atoms with van der Waals surface area (Å²) in [5.41, 5.74) is -0.819. The molecular weight excluding hydrogens is 342 g/mol. The van der Waals surface area contributed by atoms with Crippen molar-refractivity contribution in [2.75, 3.05) is 24.0 Å². The molecule has 3 amide bonds. The van der Waals surface area contributed by atoms with Gasteiger partial charge in [0.2, 0.25) is 11.8 Å². The van der Waals surface area contributed by atoms with Crippen LogP contribution in [0.15, 0.2) is 24.3 Å². The lowest BCUT2D eigenvalue weighted by atomic mass is 9.78. The van der Waals surface area contributed by atoms with E-state index in [-0.39, 0.29) is 11.8 Å². The van der Waals surface area contributed by atoms with Crippen molar-refractivity contribution < 1.29 is 19.5 Å². The van der Waals surface area contributed by atoms with Gasteiger partial charge in [-0.05, 0) is 12.3 Å². The van der Waals surface area contributed by atoms with E-state index in [0.29, 0.717) is 17.0 Å². The SMILES string of the molecule is CSCC1NC(=O)C(C(C)C2(O)C(=O)N(C)c3ccccc32)NC1=O. The zero-order valence-electron chi connectivity index (χ0n) is 14.3. The Balaban J connectivity index is 1.93. The van der Waals surface area contributed by atoms with E-state index in [1.165, 1.54) is 16.7 Å². The number of hydrogen-bond donors (Lipinski definition) is 3. The number of nitrogens with zero attached hydrogens (tertiary/aromatic N) is 1. The van der Waals surface area contributed by atoms with E-state index in [9.17, 15) is 19.5 Å². The second-order valence-corrected chi connectivity index (χ2v) is 7.35. The summed E-state index contributed by atoms with van der Waals surface area (Å²) >= 11 is 1.45. The van der Waals surface area contributed by atoms with E-state index in [4.69, 9.17) is 0 Å². The van der Waals surface area contributed by atoms with E-state index in [0.717, 1.165) is 0 Å². The molecule has 4 unspecified atom stereocenters. The fourth-order valence-corrected chi connectivity index (χ4v) is 4.10. The van der Waals surface area contributed by atoms with Crippen molar-refractivity contribution in [1.82, 2.24) is 10.6 Å². The fraction of sp³-hybridized carbons (Fsp3) is 0.471. The number of para-hydroxylation sites is 1. The molecule has 2 heterocycles. The molecule has 2 aliphatic heterocycles. The Hall–Kier alpha value is -2.06. The van der Waals surface area contributed by atoms with Crippen molar-refractivity contribution >= 4 is 35.2 Å². The summed E-state index contributed by atoms with van der Waals surface area (Å²) < 4.78 is 0. The lowest BCUT2D eigenvalue weighted by molar-refractivity contribution is -0.149. The first-order valence-corrected chi connectivity index (χ1v) is 9.41. The first-order chi connectivity index (χ1) is 11.8. The number of piperazine rings is 1. The smallest absolute Gasteiger partial charge is 0.263 e. The summed E-state index contributed by atoms with van der Waals surface area (Å²) in [4.78, 5) is 38.9. The van der Waals surface area contributed by atoms with Gasteiger partial charge in [0, 0.05) is 24.3 Å². The molecule has 3 N–H and O–H groups in total. The largest absolute Gasteiger partial charge is 0.375 e. The number of hydrogen-bond acceptors (Lipinski definition) is 5. The van der Waals surface area contributed by atoms with E-state index in [1.54, 1.807) is 38.2 Å². The van der Waals surface area contributed by atoms with E-state index < -0.39 is 29.5 Å². The van der Waals surface area contributed by atoms with Gasteiger partial charge in [-0.25, -0.2) is 0 Å². The Labute approximate surface area is 150 Å². The number of aliphatic hydroxyl groups is 1. The molecule has 2 aliphatic rings. The number of rotatable bonds is 4. The number of benzene rings is 1. The number of amides is 3. The predicted octanol–water partition coefficient (Wildman–Crippen LogP) is -0.167. The van der Waals surface area contributed by atoms with Gasteiger partial charge in [-0.3, -0.25) is 14.4 Å². The molecule has 1 fully saturated rings. The van der Waals surface area contributed by atoms with Crippen molar-refractivity contribution in [3.05, 3.63) is 29.8 Å². The lowest BCUT2D eigenvalue weighted by Gasteiger charge is -2.38. The third kappa shape index (κ3) is 2.60. The van der Waals surface area contributed by atoms with Crippen LogP contribution in [0.2, 0.25) is 0 Å². The number of thioether (sulfide) groups is 1. The van der Waals surface area contributed by atoms with Crippen LogP contribution in [-0.4, -0.2) is 54.0 Å². The van der Waals surface area contributed by atoms with E-state index in [2.05, 4.69) is 10.6 Å². The molecule has 0 saturated carbocycles. The van der Waals surface area contributed by atoms with Crippen molar-refractivity contribution in [3.8, 4) is 0 Å². The zero-order chi connectivity index (χ0) is 18.4. The number of likely N-dealkylation sites (N-methyl/N-ethyl adjacent to an activating group) is 1. The first kappa shape index (κ1) is 17.8. The number of fused-ring (bicyclic) bond motifs is 1. The van der Waals surface area contributed by atoms with Crippen molar-refractivity contribution in [3.63, 3.8) is 0 Å². The highest BCUT2D eigenvalue weighted by Crippen LogP contribution is 2.45. The maximum atomic E-state index is 12.8. The van der Waals surface area contributed by atoms with Gasteiger partial charge >= 0.3 is 0 Å². The first-order valence-electron chi connectivity index (χ1n) is 8.02. The summed E-state index contributed by atoms with van der Waals surface area (Å²) in [6.45, 7) is 1.60. The van der Waals surface area contributed by atoms with Crippen LogP contribution >= 0.6 is 11.8 Å². The van der Waals surface area contributed by atoms with E-state index in [1.807, 2.05) is 6.26 Å². The van der Waals surface area contributed by atoms with Gasteiger partial charge < -0.3 is 20.6 Å². The van der Waals surface area contributed by atoms with Gasteiger partial charge in [-0.2, -0.15) is 11.8 Å². The number of carbonyl (C=O) groups excluding carboxylic acids is 3. The molecule has 0 bridgehead atoms. The summed E-state index contributed by atoms with van der Waals surface area (Å²) in [6, 6.07) is 5.34. The third-order valence-corrected chi connectivity index (χ3v) is 5.68. The fourth-order valence-electron chi connectivity index (χ4n) is 3.53. The number of carbonyl (C=O) groups is 3. The Morgan fingerprint density at radius 3 is 2.60 bits per heavy atom. The zero-order valence-corrected chi connectivity index (χ0v) is 15.1. The second-order valence-electron chi connectivity index (χ2n) is 6.44. The number of anilines is 1. The molecule has 25 heavy (non-hydrogen) atoms. The minimum atomic E-state index is -1.87. The summed E-state index contributed by atoms with van der Waals surface area (Å²) in [5, 5.41) is 16.6. The number of nitrogens with one attached hydrogen (secondary N) is 2. The Kier molecular flexibility index (Phi) is 4.51. The van der Waals surface area contributed by atoms with Crippen LogP contribution in [0.3, 0.4) is 0 Å².